The van der Waals surface area contributed by atoms with E-state index in [1.807, 2.05) is 27.7 Å². The Morgan fingerprint density at radius 2 is 1.75 bits per heavy atom. The molecule has 150 valence electrons. The van der Waals surface area contributed by atoms with Gasteiger partial charge in [0.2, 0.25) is 0 Å². The molecule has 2 heterocycles. The third kappa shape index (κ3) is 3.74. The van der Waals surface area contributed by atoms with Gasteiger partial charge in [0, 0.05) is 6.07 Å². The van der Waals surface area contributed by atoms with Crippen LogP contribution in [-0.4, -0.2) is 47.5 Å². The molecule has 1 aliphatic heterocycles. The van der Waals surface area contributed by atoms with E-state index in [4.69, 9.17) is 30.4 Å². The zero-order valence-corrected chi connectivity index (χ0v) is 17.4. The van der Waals surface area contributed by atoms with Gasteiger partial charge in [-0.2, -0.15) is 0 Å². The maximum atomic E-state index is 14.7. The Morgan fingerprint density at radius 1 is 1.14 bits per heavy atom. The predicted octanol–water partition coefficient (Wildman–Crippen LogP) is 3.88. The molecular formula is C18H22BClFN3O4. The van der Waals surface area contributed by atoms with Gasteiger partial charge in [-0.05, 0) is 39.8 Å². The van der Waals surface area contributed by atoms with Gasteiger partial charge < -0.3 is 18.8 Å². The molecule has 0 radical (unpaired) electrons. The number of methoxy groups -OCH3 is 2. The van der Waals surface area contributed by atoms with Crippen LogP contribution in [0.5, 0.6) is 11.5 Å². The molecule has 0 N–H and O–H groups in total. The molecule has 0 spiro atoms. The number of benzene rings is 1. The van der Waals surface area contributed by atoms with Crippen molar-refractivity contribution in [1.82, 2.24) is 15.0 Å². The average Bonchev–Trinajstić information content (AvgIpc) is 3.16. The van der Waals surface area contributed by atoms with E-state index in [0.29, 0.717) is 27.9 Å². The van der Waals surface area contributed by atoms with Gasteiger partial charge in [0.25, 0.3) is 0 Å². The minimum absolute atomic E-state index is 0.293. The van der Waals surface area contributed by atoms with E-state index in [1.165, 1.54) is 25.0 Å². The fraction of sp³-hybridized carbons (Fsp3) is 0.444. The Labute approximate surface area is 168 Å². The van der Waals surface area contributed by atoms with E-state index >= 15 is 0 Å². The fourth-order valence-corrected chi connectivity index (χ4v) is 2.88. The van der Waals surface area contributed by atoms with Crippen LogP contribution >= 0.6 is 11.6 Å². The summed E-state index contributed by atoms with van der Waals surface area (Å²) in [5.41, 5.74) is -1.02. The standard InChI is InChI=1S/C18H22BClFN3O4/c1-17(2)18(3,4)28-19(27-17)16(21)7-11-10-24(23-22-11)13-8-12(20)14(25-5)9-15(13)26-6/h7-10H,1-6H3. The van der Waals surface area contributed by atoms with Crippen molar-refractivity contribution in [3.63, 3.8) is 0 Å². The van der Waals surface area contributed by atoms with Gasteiger partial charge in [0.15, 0.2) is 0 Å². The first-order valence-electron chi connectivity index (χ1n) is 8.65. The largest absolute Gasteiger partial charge is 0.525 e. The van der Waals surface area contributed by atoms with Gasteiger partial charge in [-0.25, -0.2) is 9.07 Å². The van der Waals surface area contributed by atoms with Crippen molar-refractivity contribution in [3.05, 3.63) is 34.8 Å². The molecule has 1 fully saturated rings. The maximum Gasteiger partial charge on any atom is 0.525 e. The van der Waals surface area contributed by atoms with Gasteiger partial charge >= 0.3 is 7.12 Å². The molecule has 0 amide bonds. The number of aromatic nitrogens is 3. The smallest absolute Gasteiger partial charge is 0.495 e. The lowest BCUT2D eigenvalue weighted by Gasteiger charge is -2.32. The van der Waals surface area contributed by atoms with E-state index in [-0.39, 0.29) is 0 Å². The summed E-state index contributed by atoms with van der Waals surface area (Å²) in [6, 6.07) is 3.27. The molecule has 0 bridgehead atoms. The van der Waals surface area contributed by atoms with Crippen molar-refractivity contribution in [2.75, 3.05) is 14.2 Å². The van der Waals surface area contributed by atoms with Crippen LogP contribution in [0.2, 0.25) is 5.02 Å². The summed E-state index contributed by atoms with van der Waals surface area (Å²) < 4.78 is 38.0. The molecule has 28 heavy (non-hydrogen) atoms. The molecule has 0 saturated carbocycles. The zero-order valence-electron chi connectivity index (χ0n) is 16.6. The van der Waals surface area contributed by atoms with Crippen LogP contribution in [0.1, 0.15) is 33.4 Å². The molecule has 10 heteroatoms. The Balaban J connectivity index is 1.87. The van der Waals surface area contributed by atoms with Crippen LogP contribution in [0.15, 0.2) is 24.1 Å². The molecule has 7 nitrogen and oxygen atoms in total. The van der Waals surface area contributed by atoms with Crippen LogP contribution in [0, 0.1) is 0 Å². The predicted molar refractivity (Wildman–Crippen MR) is 105 cm³/mol. The highest BCUT2D eigenvalue weighted by Crippen LogP contribution is 2.39. The van der Waals surface area contributed by atoms with Crippen molar-refractivity contribution in [1.29, 1.82) is 0 Å². The van der Waals surface area contributed by atoms with Crippen LogP contribution in [0.25, 0.3) is 11.8 Å². The van der Waals surface area contributed by atoms with Crippen molar-refractivity contribution >= 4 is 24.8 Å². The molecule has 0 atom stereocenters. The molecule has 1 aromatic carbocycles. The highest BCUT2D eigenvalue weighted by molar-refractivity contribution is 6.54. The summed E-state index contributed by atoms with van der Waals surface area (Å²) in [6.45, 7) is 7.43. The lowest BCUT2D eigenvalue weighted by atomic mass is 9.87. The Bertz CT molecular complexity index is 900. The summed E-state index contributed by atoms with van der Waals surface area (Å²) in [5, 5.41) is 8.39. The second-order valence-electron chi connectivity index (χ2n) is 7.36. The normalized spacial score (nSPS) is 18.4. The number of hydrogen-bond donors (Lipinski definition) is 0. The van der Waals surface area contributed by atoms with Crippen LogP contribution in [0.3, 0.4) is 0 Å². The summed E-state index contributed by atoms with van der Waals surface area (Å²) >= 11 is 6.19. The molecule has 1 aromatic heterocycles. The van der Waals surface area contributed by atoms with Gasteiger partial charge in [0.1, 0.15) is 28.6 Å². The summed E-state index contributed by atoms with van der Waals surface area (Å²) in [5.74, 6) is 0.947. The van der Waals surface area contributed by atoms with Crippen LogP contribution in [0.4, 0.5) is 4.39 Å². The van der Waals surface area contributed by atoms with E-state index in [0.717, 1.165) is 0 Å². The molecule has 1 saturated heterocycles. The Kier molecular flexibility index (Phi) is 5.44. The first-order chi connectivity index (χ1) is 13.1. The molecule has 2 aromatic rings. The zero-order chi connectivity index (χ0) is 20.7. The minimum atomic E-state index is -1.10. The van der Waals surface area contributed by atoms with Gasteiger partial charge in [-0.3, -0.25) is 0 Å². The minimum Gasteiger partial charge on any atom is -0.495 e. The monoisotopic (exact) mass is 409 g/mol. The Morgan fingerprint density at radius 3 is 2.32 bits per heavy atom. The van der Waals surface area contributed by atoms with E-state index in [2.05, 4.69) is 10.3 Å². The topological polar surface area (TPSA) is 67.6 Å². The van der Waals surface area contributed by atoms with Gasteiger partial charge in [0.05, 0.1) is 36.6 Å². The summed E-state index contributed by atoms with van der Waals surface area (Å²) in [6.07, 6.45) is 2.77. The Hall–Kier alpha value is -2.10. The number of halogens is 2. The van der Waals surface area contributed by atoms with Crippen molar-refractivity contribution in [2.45, 2.75) is 38.9 Å². The summed E-state index contributed by atoms with van der Waals surface area (Å²) in [4.78, 5) is 0. The first-order valence-corrected chi connectivity index (χ1v) is 9.03. The highest BCUT2D eigenvalue weighted by atomic mass is 35.5. The molecule has 0 unspecified atom stereocenters. The maximum absolute atomic E-state index is 14.7. The SMILES string of the molecule is COc1cc(OC)c(-n2cc(C=C(F)B3OC(C)(C)C(C)(C)O3)nn2)cc1Cl. The second kappa shape index (κ2) is 7.38. The molecular weight excluding hydrogens is 387 g/mol. The summed E-state index contributed by atoms with van der Waals surface area (Å²) in [7, 11) is 1.93. The van der Waals surface area contributed by atoms with Crippen LogP contribution < -0.4 is 9.47 Å². The van der Waals surface area contributed by atoms with Gasteiger partial charge in [-0.1, -0.05) is 16.8 Å². The molecule has 1 aliphatic rings. The van der Waals surface area contributed by atoms with Gasteiger partial charge in [-0.15, -0.1) is 5.10 Å². The molecule has 0 aliphatic carbocycles. The van der Waals surface area contributed by atoms with E-state index in [1.54, 1.807) is 18.3 Å². The van der Waals surface area contributed by atoms with E-state index < -0.39 is 24.0 Å². The highest BCUT2D eigenvalue weighted by Gasteiger charge is 2.53. The molecule has 3 rings (SSSR count). The first kappa shape index (κ1) is 20.6. The van der Waals surface area contributed by atoms with Crippen LogP contribution in [-0.2, 0) is 9.31 Å². The average molecular weight is 410 g/mol. The third-order valence-electron chi connectivity index (χ3n) is 4.98. The lowest BCUT2D eigenvalue weighted by molar-refractivity contribution is 0.00578. The quantitative estimate of drug-likeness (QED) is 0.698. The lowest BCUT2D eigenvalue weighted by Crippen LogP contribution is -2.41. The third-order valence-corrected chi connectivity index (χ3v) is 5.27. The van der Waals surface area contributed by atoms with Crippen molar-refractivity contribution < 1.29 is 23.2 Å². The number of rotatable bonds is 5. The second-order valence-corrected chi connectivity index (χ2v) is 7.77. The number of ether oxygens (including phenoxy) is 2. The van der Waals surface area contributed by atoms with Crippen molar-refractivity contribution in [3.8, 4) is 17.2 Å². The number of hydrogen-bond acceptors (Lipinski definition) is 6. The number of nitrogens with zero attached hydrogens (tertiary/aromatic N) is 3. The van der Waals surface area contributed by atoms with Crippen molar-refractivity contribution in [2.24, 2.45) is 0 Å². The van der Waals surface area contributed by atoms with E-state index in [9.17, 15) is 4.39 Å². The fourth-order valence-electron chi connectivity index (χ4n) is 2.65.